The van der Waals surface area contributed by atoms with Crippen LogP contribution in [-0.4, -0.2) is 37.2 Å². The Hall–Kier alpha value is -2.11. The van der Waals surface area contributed by atoms with E-state index in [1.807, 2.05) is 0 Å². The molecule has 0 fully saturated rings. The first-order valence-corrected chi connectivity index (χ1v) is 32.8. The van der Waals surface area contributed by atoms with Gasteiger partial charge in [-0.3, -0.25) is 14.4 Å². The summed E-state index contributed by atoms with van der Waals surface area (Å²) >= 11 is 0. The van der Waals surface area contributed by atoms with E-state index in [4.69, 9.17) is 14.2 Å². The highest BCUT2D eigenvalue weighted by Crippen LogP contribution is 2.18. The van der Waals surface area contributed by atoms with E-state index >= 15 is 0 Å². The van der Waals surface area contributed by atoms with E-state index in [1.165, 1.54) is 263 Å². The predicted octanol–water partition coefficient (Wildman–Crippen LogP) is 22.2. The van der Waals surface area contributed by atoms with E-state index in [9.17, 15) is 14.4 Å². The van der Waals surface area contributed by atoms with Gasteiger partial charge in [0.25, 0.3) is 0 Å². The summed E-state index contributed by atoms with van der Waals surface area (Å²) in [6.45, 7) is 6.67. The van der Waals surface area contributed by atoms with Gasteiger partial charge in [0, 0.05) is 19.3 Å². The molecule has 0 bridgehead atoms. The molecular formula is C67H126O6. The topological polar surface area (TPSA) is 78.9 Å². The van der Waals surface area contributed by atoms with Crippen LogP contribution < -0.4 is 0 Å². The molecule has 0 saturated carbocycles. The lowest BCUT2D eigenvalue weighted by molar-refractivity contribution is -0.167. The summed E-state index contributed by atoms with van der Waals surface area (Å²) in [4.78, 5) is 38.3. The normalized spacial score (nSPS) is 12.1. The second-order valence-corrected chi connectivity index (χ2v) is 22.4. The zero-order valence-electron chi connectivity index (χ0n) is 49.4. The molecular weight excluding hydrogens is 901 g/mol. The van der Waals surface area contributed by atoms with Gasteiger partial charge in [0.2, 0.25) is 0 Å². The molecule has 6 nitrogen and oxygen atoms in total. The van der Waals surface area contributed by atoms with Crippen LogP contribution in [-0.2, 0) is 28.6 Å². The van der Waals surface area contributed by atoms with Crippen LogP contribution in [0.25, 0.3) is 0 Å². The van der Waals surface area contributed by atoms with Crippen LogP contribution in [0, 0.1) is 0 Å². The van der Waals surface area contributed by atoms with Gasteiger partial charge >= 0.3 is 17.9 Å². The lowest BCUT2D eigenvalue weighted by atomic mass is 10.0. The molecule has 0 amide bonds. The van der Waals surface area contributed by atoms with E-state index in [-0.39, 0.29) is 31.1 Å². The number of carbonyl (C=O) groups is 3. The highest BCUT2D eigenvalue weighted by Gasteiger charge is 2.19. The molecule has 0 spiro atoms. The Morgan fingerprint density at radius 3 is 0.712 bits per heavy atom. The number of carbonyl (C=O) groups excluding carboxylic acids is 3. The maximum Gasteiger partial charge on any atom is 0.306 e. The molecule has 0 saturated heterocycles. The molecule has 1 unspecified atom stereocenters. The third-order valence-electron chi connectivity index (χ3n) is 14.9. The Kier molecular flexibility index (Phi) is 60.6. The standard InChI is InChI=1S/C67H126O6/c1-4-7-10-13-16-19-22-25-27-29-31-32-33-34-35-37-38-40-42-45-48-51-54-57-60-66(69)72-63-64(62-71-65(68)59-56-53-50-47-44-24-21-18-15-12-9-6-3)73-67(70)61-58-55-52-49-46-43-41-39-36-30-28-26-23-20-17-14-11-8-5-2/h18,21,26,28,64H,4-17,19-20,22-25,27,29-63H2,1-3H3/b21-18-,28-26-. The van der Waals surface area contributed by atoms with E-state index in [2.05, 4.69) is 45.1 Å². The van der Waals surface area contributed by atoms with Crippen LogP contribution in [0.15, 0.2) is 24.3 Å². The van der Waals surface area contributed by atoms with Gasteiger partial charge in [0.05, 0.1) is 0 Å². The third-order valence-corrected chi connectivity index (χ3v) is 14.9. The molecule has 0 aromatic carbocycles. The Labute approximate surface area is 455 Å². The van der Waals surface area contributed by atoms with Crippen molar-refractivity contribution in [3.8, 4) is 0 Å². The maximum absolute atomic E-state index is 12.9. The van der Waals surface area contributed by atoms with E-state index in [0.29, 0.717) is 19.3 Å². The number of ether oxygens (including phenoxy) is 3. The first-order chi connectivity index (χ1) is 36.0. The Morgan fingerprint density at radius 2 is 0.452 bits per heavy atom. The largest absolute Gasteiger partial charge is 0.462 e. The zero-order chi connectivity index (χ0) is 52.9. The zero-order valence-corrected chi connectivity index (χ0v) is 49.4. The average molecular weight is 1030 g/mol. The highest BCUT2D eigenvalue weighted by molar-refractivity contribution is 5.71. The minimum Gasteiger partial charge on any atom is -0.462 e. The lowest BCUT2D eigenvalue weighted by Crippen LogP contribution is -2.30. The highest BCUT2D eigenvalue weighted by atomic mass is 16.6. The molecule has 0 aliphatic heterocycles. The SMILES string of the molecule is CCCCC/C=C\CCCCCCCC(=O)OCC(COC(=O)CCCCCCCCCCCCCCCCCCCCCCCCCC)OC(=O)CCCCCCCCCCC/C=C\CCCCCCCC. The minimum atomic E-state index is -0.773. The lowest BCUT2D eigenvalue weighted by Gasteiger charge is -2.18. The number of rotatable bonds is 61. The van der Waals surface area contributed by atoms with Crippen molar-refractivity contribution in [2.45, 2.75) is 374 Å². The summed E-state index contributed by atoms with van der Waals surface area (Å²) in [5, 5.41) is 0. The van der Waals surface area contributed by atoms with Gasteiger partial charge in [-0.15, -0.1) is 0 Å². The number of allylic oxidation sites excluding steroid dienone is 4. The van der Waals surface area contributed by atoms with E-state index in [0.717, 1.165) is 64.2 Å². The van der Waals surface area contributed by atoms with Crippen LogP contribution in [0.2, 0.25) is 0 Å². The van der Waals surface area contributed by atoms with Crippen LogP contribution in [0.3, 0.4) is 0 Å². The fraction of sp³-hybridized carbons (Fsp3) is 0.896. The van der Waals surface area contributed by atoms with Gasteiger partial charge in [0.15, 0.2) is 6.10 Å². The number of esters is 3. The summed E-state index contributed by atoms with van der Waals surface area (Å²) in [6, 6.07) is 0. The molecule has 6 heteroatoms. The molecule has 0 aliphatic rings. The van der Waals surface area contributed by atoms with E-state index < -0.39 is 6.10 Å². The van der Waals surface area contributed by atoms with Crippen LogP contribution >= 0.6 is 0 Å². The first-order valence-electron chi connectivity index (χ1n) is 32.8. The Morgan fingerprint density at radius 1 is 0.260 bits per heavy atom. The van der Waals surface area contributed by atoms with Gasteiger partial charge in [-0.2, -0.15) is 0 Å². The average Bonchev–Trinajstić information content (AvgIpc) is 3.39. The maximum atomic E-state index is 12.9. The monoisotopic (exact) mass is 1030 g/mol. The molecule has 0 rings (SSSR count). The second-order valence-electron chi connectivity index (χ2n) is 22.4. The third kappa shape index (κ3) is 60.6. The van der Waals surface area contributed by atoms with Crippen molar-refractivity contribution in [1.82, 2.24) is 0 Å². The van der Waals surface area contributed by atoms with Gasteiger partial charge in [-0.1, -0.05) is 302 Å². The molecule has 430 valence electrons. The molecule has 0 radical (unpaired) electrons. The number of unbranched alkanes of at least 4 members (excludes halogenated alkanes) is 46. The van der Waals surface area contributed by atoms with Crippen molar-refractivity contribution in [1.29, 1.82) is 0 Å². The summed E-state index contributed by atoms with van der Waals surface area (Å²) < 4.78 is 16.9. The quantitative estimate of drug-likeness (QED) is 0.0261. The van der Waals surface area contributed by atoms with Crippen molar-refractivity contribution in [3.05, 3.63) is 24.3 Å². The fourth-order valence-electron chi connectivity index (χ4n) is 9.97. The summed E-state index contributed by atoms with van der Waals surface area (Å²) in [5.41, 5.74) is 0. The summed E-state index contributed by atoms with van der Waals surface area (Å²) in [5.74, 6) is -0.856. The van der Waals surface area contributed by atoms with Gasteiger partial charge < -0.3 is 14.2 Å². The molecule has 0 heterocycles. The van der Waals surface area contributed by atoms with Crippen LogP contribution in [0.4, 0.5) is 0 Å². The van der Waals surface area contributed by atoms with Crippen molar-refractivity contribution < 1.29 is 28.6 Å². The van der Waals surface area contributed by atoms with E-state index in [1.54, 1.807) is 0 Å². The van der Waals surface area contributed by atoms with Crippen LogP contribution in [0.5, 0.6) is 0 Å². The summed E-state index contributed by atoms with van der Waals surface area (Å²) in [7, 11) is 0. The number of hydrogen-bond donors (Lipinski definition) is 0. The van der Waals surface area contributed by atoms with Crippen molar-refractivity contribution in [2.24, 2.45) is 0 Å². The Bertz CT molecular complexity index is 1180. The van der Waals surface area contributed by atoms with Gasteiger partial charge in [-0.05, 0) is 70.6 Å². The predicted molar refractivity (Wildman–Crippen MR) is 316 cm³/mol. The molecule has 0 N–H and O–H groups in total. The molecule has 0 aliphatic carbocycles. The van der Waals surface area contributed by atoms with Gasteiger partial charge in [0.1, 0.15) is 13.2 Å². The molecule has 0 aromatic heterocycles. The fourth-order valence-corrected chi connectivity index (χ4v) is 9.97. The van der Waals surface area contributed by atoms with Crippen LogP contribution in [0.1, 0.15) is 367 Å². The first kappa shape index (κ1) is 70.9. The van der Waals surface area contributed by atoms with Gasteiger partial charge in [-0.25, -0.2) is 0 Å². The number of hydrogen-bond acceptors (Lipinski definition) is 6. The molecule has 1 atom stereocenters. The second kappa shape index (κ2) is 62.4. The summed E-state index contributed by atoms with van der Waals surface area (Å²) in [6.07, 6.45) is 74.8. The molecule has 73 heavy (non-hydrogen) atoms. The van der Waals surface area contributed by atoms with Crippen molar-refractivity contribution in [3.63, 3.8) is 0 Å². The van der Waals surface area contributed by atoms with Crippen molar-refractivity contribution in [2.75, 3.05) is 13.2 Å². The Balaban J connectivity index is 4.22. The smallest absolute Gasteiger partial charge is 0.306 e. The minimum absolute atomic E-state index is 0.0697. The van der Waals surface area contributed by atoms with Crippen molar-refractivity contribution >= 4 is 17.9 Å². The molecule has 0 aromatic rings.